The second-order valence-electron chi connectivity index (χ2n) is 5.47. The Labute approximate surface area is 134 Å². The van der Waals surface area contributed by atoms with E-state index in [0.29, 0.717) is 0 Å². The third kappa shape index (κ3) is 3.66. The van der Waals surface area contributed by atoms with Crippen molar-refractivity contribution in [1.82, 2.24) is 14.7 Å². The largest absolute Gasteiger partial charge is 0.469 e. The van der Waals surface area contributed by atoms with Crippen LogP contribution < -0.4 is 0 Å². The van der Waals surface area contributed by atoms with E-state index < -0.39 is 0 Å². The first-order valence-corrected chi connectivity index (χ1v) is 8.44. The predicted octanol–water partition coefficient (Wildman–Crippen LogP) is 2.61. The van der Waals surface area contributed by atoms with Crippen LogP contribution >= 0.6 is 15.9 Å². The van der Waals surface area contributed by atoms with Gasteiger partial charge in [-0.05, 0) is 48.7 Å². The molecular formula is C15H24BrN3O2. The number of aromatic nitrogens is 2. The minimum atomic E-state index is -0.0861. The Morgan fingerprint density at radius 2 is 2.24 bits per heavy atom. The third-order valence-electron chi connectivity index (χ3n) is 4.11. The highest BCUT2D eigenvalue weighted by Crippen LogP contribution is 2.26. The van der Waals surface area contributed by atoms with Crippen molar-refractivity contribution in [2.24, 2.45) is 5.92 Å². The van der Waals surface area contributed by atoms with Gasteiger partial charge in [0.25, 0.3) is 0 Å². The molecule has 1 aliphatic rings. The molecule has 1 aromatic rings. The minimum absolute atomic E-state index is 0.00571. The van der Waals surface area contributed by atoms with Gasteiger partial charge in [0.2, 0.25) is 0 Å². The van der Waals surface area contributed by atoms with Gasteiger partial charge in [0.1, 0.15) is 0 Å². The first-order valence-electron chi connectivity index (χ1n) is 7.64. The Hall–Kier alpha value is -0.880. The van der Waals surface area contributed by atoms with Gasteiger partial charge < -0.3 is 4.74 Å². The average Bonchev–Trinajstić information content (AvgIpc) is 2.82. The Kier molecular flexibility index (Phi) is 5.81. The molecule has 6 heteroatoms. The van der Waals surface area contributed by atoms with E-state index in [0.717, 1.165) is 55.6 Å². The zero-order chi connectivity index (χ0) is 15.4. The first-order chi connectivity index (χ1) is 10.1. The van der Waals surface area contributed by atoms with Gasteiger partial charge in [-0.25, -0.2) is 0 Å². The van der Waals surface area contributed by atoms with Crippen LogP contribution in [-0.2, 0) is 29.0 Å². The summed E-state index contributed by atoms with van der Waals surface area (Å²) >= 11 is 3.69. The highest BCUT2D eigenvalue weighted by Gasteiger charge is 2.27. The van der Waals surface area contributed by atoms with Crippen LogP contribution in [-0.4, -0.2) is 40.8 Å². The number of nitrogens with zero attached hydrogens (tertiary/aromatic N) is 3. The van der Waals surface area contributed by atoms with E-state index >= 15 is 0 Å². The van der Waals surface area contributed by atoms with Gasteiger partial charge in [0.15, 0.2) is 0 Å². The molecular weight excluding hydrogens is 334 g/mol. The van der Waals surface area contributed by atoms with Crippen LogP contribution in [0.1, 0.15) is 38.1 Å². The summed E-state index contributed by atoms with van der Waals surface area (Å²) in [6.07, 6.45) is 2.89. The fraction of sp³-hybridized carbons (Fsp3) is 0.733. The predicted molar refractivity (Wildman–Crippen MR) is 85.0 cm³/mol. The van der Waals surface area contributed by atoms with E-state index in [2.05, 4.69) is 44.5 Å². The number of aryl methyl sites for hydroxylation is 2. The van der Waals surface area contributed by atoms with Crippen LogP contribution in [0.2, 0.25) is 0 Å². The molecule has 118 valence electrons. The summed E-state index contributed by atoms with van der Waals surface area (Å²) < 4.78 is 8.06. The minimum Gasteiger partial charge on any atom is -0.469 e. The SMILES string of the molecule is CCc1nn(CC)c(CN2CCC[C@H](C(=O)OC)C2)c1Br. The Morgan fingerprint density at radius 1 is 1.48 bits per heavy atom. The lowest BCUT2D eigenvalue weighted by Gasteiger charge is -2.31. The van der Waals surface area contributed by atoms with Gasteiger partial charge in [0, 0.05) is 19.6 Å². The van der Waals surface area contributed by atoms with Gasteiger partial charge in [0.05, 0.1) is 28.9 Å². The molecule has 0 radical (unpaired) electrons. The van der Waals surface area contributed by atoms with Crippen LogP contribution in [0.25, 0.3) is 0 Å². The highest BCUT2D eigenvalue weighted by molar-refractivity contribution is 9.10. The quantitative estimate of drug-likeness (QED) is 0.760. The van der Waals surface area contributed by atoms with Gasteiger partial charge in [-0.3, -0.25) is 14.4 Å². The summed E-state index contributed by atoms with van der Waals surface area (Å²) in [5.41, 5.74) is 2.31. The van der Waals surface area contributed by atoms with Gasteiger partial charge >= 0.3 is 5.97 Å². The number of halogens is 1. The molecule has 0 unspecified atom stereocenters. The van der Waals surface area contributed by atoms with Gasteiger partial charge in [-0.2, -0.15) is 5.10 Å². The molecule has 0 spiro atoms. The maximum atomic E-state index is 11.7. The Bertz CT molecular complexity index is 501. The summed E-state index contributed by atoms with van der Waals surface area (Å²) in [7, 11) is 1.47. The van der Waals surface area contributed by atoms with Crippen molar-refractivity contribution in [3.63, 3.8) is 0 Å². The number of hydrogen-bond acceptors (Lipinski definition) is 4. The number of rotatable bonds is 5. The molecule has 1 atom stereocenters. The molecule has 0 N–H and O–H groups in total. The van der Waals surface area contributed by atoms with E-state index in [4.69, 9.17) is 4.74 Å². The normalized spacial score (nSPS) is 19.7. The third-order valence-corrected chi connectivity index (χ3v) is 5.02. The number of methoxy groups -OCH3 is 1. The van der Waals surface area contributed by atoms with E-state index in [1.807, 2.05) is 0 Å². The summed E-state index contributed by atoms with van der Waals surface area (Å²) in [6.45, 7) is 7.71. The van der Waals surface area contributed by atoms with Gasteiger partial charge in [-0.15, -0.1) is 0 Å². The number of piperidine rings is 1. The average molecular weight is 358 g/mol. The number of esters is 1. The van der Waals surface area contributed by atoms with Crippen molar-refractivity contribution in [3.05, 3.63) is 15.9 Å². The Balaban J connectivity index is 2.10. The molecule has 0 saturated carbocycles. The molecule has 0 bridgehead atoms. The first kappa shape index (κ1) is 16.5. The van der Waals surface area contributed by atoms with Crippen molar-refractivity contribution in [2.45, 2.75) is 46.2 Å². The molecule has 1 saturated heterocycles. The second-order valence-corrected chi connectivity index (χ2v) is 6.27. The highest BCUT2D eigenvalue weighted by atomic mass is 79.9. The number of hydrogen-bond donors (Lipinski definition) is 0. The van der Waals surface area contributed by atoms with Crippen molar-refractivity contribution >= 4 is 21.9 Å². The molecule has 0 amide bonds. The number of ether oxygens (including phenoxy) is 1. The molecule has 0 aliphatic carbocycles. The zero-order valence-corrected chi connectivity index (χ0v) is 14.6. The van der Waals surface area contributed by atoms with Crippen molar-refractivity contribution < 1.29 is 9.53 Å². The molecule has 0 aromatic carbocycles. The fourth-order valence-corrected chi connectivity index (χ4v) is 3.63. The topological polar surface area (TPSA) is 47.4 Å². The van der Waals surface area contributed by atoms with Crippen LogP contribution in [0.15, 0.2) is 4.47 Å². The molecule has 2 rings (SSSR count). The van der Waals surface area contributed by atoms with E-state index in [-0.39, 0.29) is 11.9 Å². The molecule has 1 aromatic heterocycles. The van der Waals surface area contributed by atoms with Gasteiger partial charge in [-0.1, -0.05) is 6.92 Å². The fourth-order valence-electron chi connectivity index (χ4n) is 2.94. The molecule has 2 heterocycles. The number of carbonyl (C=O) groups is 1. The monoisotopic (exact) mass is 357 g/mol. The standard InChI is InChI=1S/C15H24BrN3O2/c1-4-12-14(16)13(19(5-2)17-12)10-18-8-6-7-11(9-18)15(20)21-3/h11H,4-10H2,1-3H3/t11-/m0/s1. The second kappa shape index (κ2) is 7.40. The lowest BCUT2D eigenvalue weighted by Crippen LogP contribution is -2.39. The van der Waals surface area contributed by atoms with Crippen LogP contribution in [0.3, 0.4) is 0 Å². The molecule has 21 heavy (non-hydrogen) atoms. The molecule has 5 nitrogen and oxygen atoms in total. The Morgan fingerprint density at radius 3 is 2.86 bits per heavy atom. The number of carbonyl (C=O) groups excluding carboxylic acids is 1. The van der Waals surface area contributed by atoms with E-state index in [1.54, 1.807) is 0 Å². The summed E-state index contributed by atoms with van der Waals surface area (Å²) in [5, 5.41) is 4.63. The van der Waals surface area contributed by atoms with Crippen LogP contribution in [0.5, 0.6) is 0 Å². The summed E-state index contributed by atoms with van der Waals surface area (Å²) in [4.78, 5) is 14.1. The lowest BCUT2D eigenvalue weighted by atomic mass is 9.98. The van der Waals surface area contributed by atoms with Crippen molar-refractivity contribution in [1.29, 1.82) is 0 Å². The molecule has 1 fully saturated rings. The smallest absolute Gasteiger partial charge is 0.309 e. The molecule has 1 aliphatic heterocycles. The van der Waals surface area contributed by atoms with E-state index in [9.17, 15) is 4.79 Å². The van der Waals surface area contributed by atoms with Crippen molar-refractivity contribution in [2.75, 3.05) is 20.2 Å². The number of likely N-dealkylation sites (tertiary alicyclic amines) is 1. The maximum absolute atomic E-state index is 11.7. The van der Waals surface area contributed by atoms with Crippen LogP contribution in [0.4, 0.5) is 0 Å². The van der Waals surface area contributed by atoms with Crippen molar-refractivity contribution in [3.8, 4) is 0 Å². The van der Waals surface area contributed by atoms with Crippen LogP contribution in [0, 0.1) is 5.92 Å². The summed E-state index contributed by atoms with van der Waals surface area (Å²) in [6, 6.07) is 0. The lowest BCUT2D eigenvalue weighted by molar-refractivity contribution is -0.147. The van der Waals surface area contributed by atoms with E-state index in [1.165, 1.54) is 12.8 Å². The summed E-state index contributed by atoms with van der Waals surface area (Å²) in [5.74, 6) is -0.0804. The maximum Gasteiger partial charge on any atom is 0.309 e. The zero-order valence-electron chi connectivity index (χ0n) is 13.1.